The molecule has 35 heavy (non-hydrogen) atoms. The fraction of sp³-hybridized carbons (Fsp3) is 0.935. The number of carbonyl (C=O) groups is 2. The van der Waals surface area contributed by atoms with E-state index in [1.165, 1.54) is 89.9 Å². The maximum Gasteiger partial charge on any atom is 0.306 e. The van der Waals surface area contributed by atoms with Gasteiger partial charge in [0.15, 0.2) is 0 Å². The minimum absolute atomic E-state index is 0.00269. The van der Waals surface area contributed by atoms with Crippen LogP contribution in [0.2, 0.25) is 0 Å². The molecule has 4 heteroatoms. The molecule has 0 aromatic rings. The topological polar surface area (TPSA) is 63.6 Å². The second-order valence-corrected chi connectivity index (χ2v) is 10.7. The number of ether oxygens (including phenoxy) is 1. The van der Waals surface area contributed by atoms with Crippen LogP contribution in [0.1, 0.15) is 181 Å². The first-order chi connectivity index (χ1) is 17.1. The first-order valence-electron chi connectivity index (χ1n) is 15.5. The first kappa shape index (κ1) is 33.9. The van der Waals surface area contributed by atoms with Crippen LogP contribution >= 0.6 is 0 Å². The molecule has 0 radical (unpaired) electrons. The van der Waals surface area contributed by atoms with E-state index < -0.39 is 5.97 Å². The summed E-state index contributed by atoms with van der Waals surface area (Å²) in [5.41, 5.74) is 0. The molecular formula is C31H60O4. The summed E-state index contributed by atoms with van der Waals surface area (Å²) >= 11 is 0. The molecule has 0 aliphatic carbocycles. The molecule has 1 N–H and O–H groups in total. The minimum Gasteiger partial charge on any atom is -0.481 e. The zero-order valence-corrected chi connectivity index (χ0v) is 23.6. The fourth-order valence-corrected chi connectivity index (χ4v) is 4.77. The van der Waals surface area contributed by atoms with Crippen LogP contribution < -0.4 is 0 Å². The predicted octanol–water partition coefficient (Wildman–Crippen LogP) is 10.2. The lowest BCUT2D eigenvalue weighted by atomic mass is 10.0. The second kappa shape index (κ2) is 27.5. The Hall–Kier alpha value is -1.06. The maximum atomic E-state index is 12.4. The zero-order chi connectivity index (χ0) is 25.8. The van der Waals surface area contributed by atoms with Crippen molar-refractivity contribution in [3.8, 4) is 0 Å². The van der Waals surface area contributed by atoms with Crippen molar-refractivity contribution in [2.75, 3.05) is 0 Å². The van der Waals surface area contributed by atoms with Gasteiger partial charge in [-0.15, -0.1) is 0 Å². The average molecular weight is 497 g/mol. The molecule has 0 aliphatic rings. The number of esters is 1. The number of hydrogen-bond acceptors (Lipinski definition) is 3. The highest BCUT2D eigenvalue weighted by Gasteiger charge is 2.14. The van der Waals surface area contributed by atoms with Crippen molar-refractivity contribution in [1.82, 2.24) is 0 Å². The quantitative estimate of drug-likeness (QED) is 0.0864. The molecule has 0 rings (SSSR count). The van der Waals surface area contributed by atoms with Crippen molar-refractivity contribution >= 4 is 11.9 Å². The monoisotopic (exact) mass is 496 g/mol. The molecule has 0 aromatic heterocycles. The van der Waals surface area contributed by atoms with Gasteiger partial charge in [-0.3, -0.25) is 9.59 Å². The Labute approximate surface area is 218 Å². The lowest BCUT2D eigenvalue weighted by Gasteiger charge is -2.18. The normalized spacial score (nSPS) is 12.1. The van der Waals surface area contributed by atoms with E-state index in [2.05, 4.69) is 13.8 Å². The molecule has 0 fully saturated rings. The average Bonchev–Trinajstić information content (AvgIpc) is 2.83. The van der Waals surface area contributed by atoms with Crippen molar-refractivity contribution < 1.29 is 19.4 Å². The second-order valence-electron chi connectivity index (χ2n) is 10.7. The van der Waals surface area contributed by atoms with Crippen molar-refractivity contribution in [3.05, 3.63) is 0 Å². The predicted molar refractivity (Wildman–Crippen MR) is 149 cm³/mol. The summed E-state index contributed by atoms with van der Waals surface area (Å²) in [5, 5.41) is 8.73. The van der Waals surface area contributed by atoms with Crippen molar-refractivity contribution in [1.29, 1.82) is 0 Å². The van der Waals surface area contributed by atoms with Crippen LogP contribution in [0, 0.1) is 0 Å². The lowest BCUT2D eigenvalue weighted by molar-refractivity contribution is -0.150. The molecule has 0 bridgehead atoms. The third-order valence-corrected chi connectivity index (χ3v) is 7.08. The molecule has 0 heterocycles. The molecular weight excluding hydrogens is 436 g/mol. The molecule has 0 aliphatic heterocycles. The highest BCUT2D eigenvalue weighted by molar-refractivity contribution is 5.69. The number of unbranched alkanes of at least 4 members (excludes halogenated alkanes) is 19. The summed E-state index contributed by atoms with van der Waals surface area (Å²) in [7, 11) is 0. The Balaban J connectivity index is 3.89. The van der Waals surface area contributed by atoms with Crippen LogP contribution in [0.3, 0.4) is 0 Å². The largest absolute Gasteiger partial charge is 0.481 e. The molecule has 208 valence electrons. The van der Waals surface area contributed by atoms with Gasteiger partial charge in [-0.2, -0.15) is 0 Å². The number of hydrogen-bond donors (Lipinski definition) is 1. The Morgan fingerprint density at radius 1 is 0.514 bits per heavy atom. The number of carboxylic acid groups (broad SMARTS) is 1. The summed E-state index contributed by atoms with van der Waals surface area (Å²) in [6.07, 6.45) is 29.7. The Morgan fingerprint density at radius 3 is 1.26 bits per heavy atom. The summed E-state index contributed by atoms with van der Waals surface area (Å²) < 4.78 is 5.90. The van der Waals surface area contributed by atoms with Crippen LogP contribution in [0.25, 0.3) is 0 Å². The molecule has 4 nitrogen and oxygen atoms in total. The van der Waals surface area contributed by atoms with E-state index in [1.54, 1.807) is 0 Å². The molecule has 0 saturated heterocycles. The van der Waals surface area contributed by atoms with E-state index in [0.717, 1.165) is 64.2 Å². The first-order valence-corrected chi connectivity index (χ1v) is 15.5. The number of rotatable bonds is 28. The summed E-state index contributed by atoms with van der Waals surface area (Å²) in [6.45, 7) is 4.50. The Bertz CT molecular complexity index is 463. The van der Waals surface area contributed by atoms with Crippen molar-refractivity contribution in [2.24, 2.45) is 0 Å². The SMILES string of the molecule is CCCCCCCCCCCCCCC(=O)OC(CCCCCCC)CCCCCCCC(=O)O. The highest BCUT2D eigenvalue weighted by atomic mass is 16.5. The van der Waals surface area contributed by atoms with Gasteiger partial charge in [0.1, 0.15) is 6.10 Å². The Morgan fingerprint density at radius 2 is 0.857 bits per heavy atom. The number of carbonyl (C=O) groups excluding carboxylic acids is 1. The van der Waals surface area contributed by atoms with Crippen LogP contribution in [0.5, 0.6) is 0 Å². The van der Waals surface area contributed by atoms with Gasteiger partial charge in [-0.1, -0.05) is 129 Å². The van der Waals surface area contributed by atoms with Gasteiger partial charge in [0.05, 0.1) is 0 Å². The molecule has 1 unspecified atom stereocenters. The molecule has 1 atom stereocenters. The van der Waals surface area contributed by atoms with Crippen LogP contribution in [-0.2, 0) is 14.3 Å². The van der Waals surface area contributed by atoms with E-state index in [0.29, 0.717) is 6.42 Å². The van der Waals surface area contributed by atoms with Crippen LogP contribution in [0.15, 0.2) is 0 Å². The van der Waals surface area contributed by atoms with Gasteiger partial charge in [-0.05, 0) is 38.5 Å². The van der Waals surface area contributed by atoms with Gasteiger partial charge in [0.2, 0.25) is 0 Å². The van der Waals surface area contributed by atoms with Crippen LogP contribution in [0.4, 0.5) is 0 Å². The van der Waals surface area contributed by atoms with Crippen LogP contribution in [-0.4, -0.2) is 23.1 Å². The standard InChI is InChI=1S/C31H60O4/c1-3-5-7-9-10-11-12-13-14-15-20-24-28-31(34)35-29(25-21-17-8-6-4-2)26-22-18-16-19-23-27-30(32)33/h29H,3-28H2,1-2H3,(H,32,33). The van der Waals surface area contributed by atoms with Gasteiger partial charge in [0.25, 0.3) is 0 Å². The van der Waals surface area contributed by atoms with E-state index in [9.17, 15) is 9.59 Å². The van der Waals surface area contributed by atoms with Gasteiger partial charge in [-0.25, -0.2) is 0 Å². The number of carboxylic acids is 1. The Kier molecular flexibility index (Phi) is 26.7. The maximum absolute atomic E-state index is 12.4. The smallest absolute Gasteiger partial charge is 0.306 e. The summed E-state index contributed by atoms with van der Waals surface area (Å²) in [5.74, 6) is -0.703. The van der Waals surface area contributed by atoms with Gasteiger partial charge >= 0.3 is 11.9 Å². The zero-order valence-electron chi connectivity index (χ0n) is 23.6. The summed E-state index contributed by atoms with van der Waals surface area (Å²) in [4.78, 5) is 23.0. The van der Waals surface area contributed by atoms with E-state index in [-0.39, 0.29) is 18.5 Å². The summed E-state index contributed by atoms with van der Waals surface area (Å²) in [6, 6.07) is 0. The fourth-order valence-electron chi connectivity index (χ4n) is 4.77. The molecule has 0 spiro atoms. The third-order valence-electron chi connectivity index (χ3n) is 7.08. The van der Waals surface area contributed by atoms with Crippen molar-refractivity contribution in [3.63, 3.8) is 0 Å². The van der Waals surface area contributed by atoms with E-state index in [1.807, 2.05) is 0 Å². The van der Waals surface area contributed by atoms with E-state index in [4.69, 9.17) is 9.84 Å². The molecule has 0 aromatic carbocycles. The molecule has 0 amide bonds. The van der Waals surface area contributed by atoms with Crippen molar-refractivity contribution in [2.45, 2.75) is 187 Å². The minimum atomic E-state index is -0.701. The highest BCUT2D eigenvalue weighted by Crippen LogP contribution is 2.18. The van der Waals surface area contributed by atoms with Gasteiger partial charge in [0, 0.05) is 12.8 Å². The van der Waals surface area contributed by atoms with Gasteiger partial charge < -0.3 is 9.84 Å². The molecule has 0 saturated carbocycles. The lowest BCUT2D eigenvalue weighted by Crippen LogP contribution is -2.18. The number of aliphatic carboxylic acids is 1. The third kappa shape index (κ3) is 27.4. The van der Waals surface area contributed by atoms with E-state index >= 15 is 0 Å².